The van der Waals surface area contributed by atoms with Crippen LogP contribution in [-0.4, -0.2) is 62.1 Å². The van der Waals surface area contributed by atoms with E-state index in [9.17, 15) is 4.79 Å². The number of amides is 1. The van der Waals surface area contributed by atoms with Gasteiger partial charge in [-0.25, -0.2) is 0 Å². The van der Waals surface area contributed by atoms with Crippen molar-refractivity contribution < 1.29 is 9.53 Å². The molecule has 1 amide bonds. The number of piperazine rings is 1. The average Bonchev–Trinajstić information content (AvgIpc) is 2.75. The second-order valence-electron chi connectivity index (χ2n) is 8.22. The lowest BCUT2D eigenvalue weighted by atomic mass is 10.0. The maximum absolute atomic E-state index is 12.4. The van der Waals surface area contributed by atoms with Crippen molar-refractivity contribution in [2.75, 3.05) is 46.4 Å². The van der Waals surface area contributed by atoms with Crippen molar-refractivity contribution in [2.24, 2.45) is 0 Å². The summed E-state index contributed by atoms with van der Waals surface area (Å²) in [5.74, 6) is 1.07. The highest BCUT2D eigenvalue weighted by Gasteiger charge is 2.24. The topological polar surface area (TPSA) is 44.8 Å². The molecule has 0 aliphatic carbocycles. The zero-order chi connectivity index (χ0) is 21.5. The highest BCUT2D eigenvalue weighted by atomic mass is 35.5. The van der Waals surface area contributed by atoms with E-state index in [1.807, 2.05) is 48.5 Å². The van der Waals surface area contributed by atoms with E-state index in [1.165, 1.54) is 5.56 Å². The van der Waals surface area contributed by atoms with E-state index in [-0.39, 0.29) is 18.6 Å². The summed E-state index contributed by atoms with van der Waals surface area (Å²) in [4.78, 5) is 17.2. The summed E-state index contributed by atoms with van der Waals surface area (Å²) in [6.45, 7) is 8.84. The molecule has 1 fully saturated rings. The van der Waals surface area contributed by atoms with E-state index in [0.29, 0.717) is 18.2 Å². The maximum atomic E-state index is 12.4. The Bertz CT molecular complexity index is 800. The lowest BCUT2D eigenvalue weighted by Crippen LogP contribution is -2.48. The molecule has 1 heterocycles. The van der Waals surface area contributed by atoms with Gasteiger partial charge in [0.15, 0.2) is 6.61 Å². The van der Waals surface area contributed by atoms with Gasteiger partial charge in [-0.3, -0.25) is 9.69 Å². The zero-order valence-electron chi connectivity index (χ0n) is 18.1. The first-order chi connectivity index (χ1) is 14.4. The van der Waals surface area contributed by atoms with Crippen LogP contribution in [0.25, 0.3) is 0 Å². The summed E-state index contributed by atoms with van der Waals surface area (Å²) in [7, 11) is 2.14. The van der Waals surface area contributed by atoms with Crippen LogP contribution in [0.1, 0.15) is 36.9 Å². The molecule has 0 saturated carbocycles. The van der Waals surface area contributed by atoms with Gasteiger partial charge in [0.05, 0.1) is 6.04 Å². The molecule has 162 valence electrons. The number of ether oxygens (including phenoxy) is 1. The van der Waals surface area contributed by atoms with Crippen molar-refractivity contribution in [3.63, 3.8) is 0 Å². The Labute approximate surface area is 185 Å². The number of hydrogen-bond acceptors (Lipinski definition) is 4. The van der Waals surface area contributed by atoms with Gasteiger partial charge >= 0.3 is 0 Å². The van der Waals surface area contributed by atoms with E-state index in [1.54, 1.807) is 0 Å². The van der Waals surface area contributed by atoms with Crippen molar-refractivity contribution in [3.8, 4) is 5.75 Å². The number of rotatable bonds is 8. The predicted octanol–water partition coefficient (Wildman–Crippen LogP) is 3.95. The third-order valence-electron chi connectivity index (χ3n) is 5.64. The number of likely N-dealkylation sites (N-methyl/N-ethyl adjacent to an activating group) is 1. The predicted molar refractivity (Wildman–Crippen MR) is 122 cm³/mol. The molecule has 0 unspecified atom stereocenters. The zero-order valence-corrected chi connectivity index (χ0v) is 18.9. The van der Waals surface area contributed by atoms with Gasteiger partial charge in [-0.1, -0.05) is 49.7 Å². The molecular weight excluding hydrogens is 398 g/mol. The quantitative estimate of drug-likeness (QED) is 0.690. The molecule has 1 saturated heterocycles. The standard InChI is InChI=1S/C24H32ClN3O2/c1-18(2)19-6-10-22(11-7-19)30-17-24(29)26-16-23(20-4-8-21(25)9-5-20)28-14-12-27(3)13-15-28/h4-11,18,23H,12-17H2,1-3H3,(H,26,29)/t23-/m0/s1. The van der Waals surface area contributed by atoms with E-state index in [0.717, 1.165) is 36.8 Å². The number of hydrogen-bond donors (Lipinski definition) is 1. The normalized spacial score (nSPS) is 16.4. The minimum atomic E-state index is -0.115. The molecule has 2 aromatic rings. The van der Waals surface area contributed by atoms with E-state index in [2.05, 4.69) is 36.0 Å². The third-order valence-corrected chi connectivity index (χ3v) is 5.89. The Morgan fingerprint density at radius 2 is 1.60 bits per heavy atom. The summed E-state index contributed by atoms with van der Waals surface area (Å²) in [6, 6.07) is 16.0. The van der Waals surface area contributed by atoms with Gasteiger partial charge in [-0.05, 0) is 48.4 Å². The van der Waals surface area contributed by atoms with Gasteiger partial charge < -0.3 is 15.0 Å². The molecular formula is C24H32ClN3O2. The Morgan fingerprint density at radius 3 is 2.20 bits per heavy atom. The molecule has 3 rings (SSSR count). The van der Waals surface area contributed by atoms with Crippen LogP contribution in [0.4, 0.5) is 0 Å². The first kappa shape index (κ1) is 22.6. The lowest BCUT2D eigenvalue weighted by Gasteiger charge is -2.38. The van der Waals surface area contributed by atoms with Crippen LogP contribution in [0.5, 0.6) is 5.75 Å². The molecule has 1 atom stereocenters. The summed E-state index contributed by atoms with van der Waals surface area (Å²) in [5, 5.41) is 3.77. The molecule has 1 N–H and O–H groups in total. The molecule has 1 aliphatic rings. The van der Waals surface area contributed by atoms with Crippen LogP contribution in [0.3, 0.4) is 0 Å². The number of nitrogens with one attached hydrogen (secondary N) is 1. The fourth-order valence-corrected chi connectivity index (χ4v) is 3.76. The largest absolute Gasteiger partial charge is 0.484 e. The van der Waals surface area contributed by atoms with E-state index < -0.39 is 0 Å². The van der Waals surface area contributed by atoms with Crippen molar-refractivity contribution in [2.45, 2.75) is 25.8 Å². The number of nitrogens with zero attached hydrogens (tertiary/aromatic N) is 2. The molecule has 1 aliphatic heterocycles. The van der Waals surface area contributed by atoms with Crippen LogP contribution in [-0.2, 0) is 4.79 Å². The van der Waals surface area contributed by atoms with Crippen molar-refractivity contribution in [1.29, 1.82) is 0 Å². The second kappa shape index (κ2) is 10.8. The van der Waals surface area contributed by atoms with Gasteiger partial charge in [-0.2, -0.15) is 0 Å². The van der Waals surface area contributed by atoms with Crippen LogP contribution < -0.4 is 10.1 Å². The fraction of sp³-hybridized carbons (Fsp3) is 0.458. The van der Waals surface area contributed by atoms with Crippen LogP contribution >= 0.6 is 11.6 Å². The first-order valence-electron chi connectivity index (χ1n) is 10.6. The molecule has 0 radical (unpaired) electrons. The third kappa shape index (κ3) is 6.46. The van der Waals surface area contributed by atoms with Gasteiger partial charge in [-0.15, -0.1) is 0 Å². The smallest absolute Gasteiger partial charge is 0.258 e. The monoisotopic (exact) mass is 429 g/mol. The van der Waals surface area contributed by atoms with Crippen molar-refractivity contribution in [1.82, 2.24) is 15.1 Å². The van der Waals surface area contributed by atoms with Crippen LogP contribution in [0, 0.1) is 0 Å². The van der Waals surface area contributed by atoms with Crippen molar-refractivity contribution in [3.05, 3.63) is 64.7 Å². The Balaban J connectivity index is 1.56. The van der Waals surface area contributed by atoms with Gasteiger partial charge in [0.1, 0.15) is 5.75 Å². The maximum Gasteiger partial charge on any atom is 0.258 e. The van der Waals surface area contributed by atoms with E-state index >= 15 is 0 Å². The highest BCUT2D eigenvalue weighted by Crippen LogP contribution is 2.23. The number of halogens is 1. The van der Waals surface area contributed by atoms with E-state index in [4.69, 9.17) is 16.3 Å². The minimum absolute atomic E-state index is 0.0110. The van der Waals surface area contributed by atoms with Crippen molar-refractivity contribution >= 4 is 17.5 Å². The molecule has 2 aromatic carbocycles. The number of carbonyl (C=O) groups excluding carboxylic acids is 1. The fourth-order valence-electron chi connectivity index (χ4n) is 3.64. The molecule has 5 nitrogen and oxygen atoms in total. The SMILES string of the molecule is CC(C)c1ccc(OCC(=O)NC[C@@H](c2ccc(Cl)cc2)N2CCN(C)CC2)cc1. The summed E-state index contributed by atoms with van der Waals surface area (Å²) in [5.41, 5.74) is 2.42. The number of benzene rings is 2. The summed E-state index contributed by atoms with van der Waals surface area (Å²) >= 11 is 6.07. The molecule has 0 spiro atoms. The molecule has 0 aromatic heterocycles. The Hall–Kier alpha value is -2.08. The highest BCUT2D eigenvalue weighted by molar-refractivity contribution is 6.30. The second-order valence-corrected chi connectivity index (χ2v) is 8.66. The van der Waals surface area contributed by atoms with Gasteiger partial charge in [0.2, 0.25) is 0 Å². The Morgan fingerprint density at radius 1 is 1.00 bits per heavy atom. The molecule has 0 bridgehead atoms. The lowest BCUT2D eigenvalue weighted by molar-refractivity contribution is -0.123. The van der Waals surface area contributed by atoms with Crippen LogP contribution in [0.2, 0.25) is 5.02 Å². The number of carbonyl (C=O) groups is 1. The van der Waals surface area contributed by atoms with Gasteiger partial charge in [0, 0.05) is 37.7 Å². The summed E-state index contributed by atoms with van der Waals surface area (Å²) < 4.78 is 5.67. The molecule has 6 heteroatoms. The Kier molecular flexibility index (Phi) is 8.14. The first-order valence-corrected chi connectivity index (χ1v) is 11.0. The van der Waals surface area contributed by atoms with Gasteiger partial charge in [0.25, 0.3) is 5.91 Å². The average molecular weight is 430 g/mol. The minimum Gasteiger partial charge on any atom is -0.484 e. The molecule has 30 heavy (non-hydrogen) atoms. The summed E-state index contributed by atoms with van der Waals surface area (Å²) in [6.07, 6.45) is 0. The van der Waals surface area contributed by atoms with Crippen LogP contribution in [0.15, 0.2) is 48.5 Å².